The first-order chi connectivity index (χ1) is 19.5. The van der Waals surface area contributed by atoms with Gasteiger partial charge in [-0.25, -0.2) is 0 Å². The Bertz CT molecular complexity index is 643. The summed E-state index contributed by atoms with van der Waals surface area (Å²) < 4.78 is 0. The zero-order valence-electron chi connectivity index (χ0n) is 26.6. The molecule has 4 heteroatoms. The van der Waals surface area contributed by atoms with Crippen molar-refractivity contribution in [1.82, 2.24) is 0 Å². The summed E-state index contributed by atoms with van der Waals surface area (Å²) in [6.45, 7) is 4.58. The Hall–Kier alpha value is -1.32. The Balaban J connectivity index is 2.75. The van der Waals surface area contributed by atoms with E-state index in [1.54, 1.807) is 0 Å². The van der Waals surface area contributed by atoms with Gasteiger partial charge < -0.3 is 10.2 Å². The maximum absolute atomic E-state index is 10.9. The number of carboxylic acid groups (broad SMARTS) is 2. The van der Waals surface area contributed by atoms with Crippen LogP contribution in [0.4, 0.5) is 0 Å². The fourth-order valence-corrected chi connectivity index (χ4v) is 7.02. The van der Waals surface area contributed by atoms with Gasteiger partial charge in [0, 0.05) is 12.8 Å². The van der Waals surface area contributed by atoms with Gasteiger partial charge in [0.2, 0.25) is 0 Å². The lowest BCUT2D eigenvalue weighted by Crippen LogP contribution is -2.32. The van der Waals surface area contributed by atoms with E-state index in [2.05, 4.69) is 26.0 Å². The van der Waals surface area contributed by atoms with Crippen LogP contribution in [0.25, 0.3) is 0 Å². The van der Waals surface area contributed by atoms with E-state index in [0.717, 1.165) is 49.9 Å². The molecule has 1 aliphatic carbocycles. The molecular weight excluding hydrogens is 496 g/mol. The minimum absolute atomic E-state index is 0.306. The minimum atomic E-state index is -0.668. The molecule has 4 unspecified atom stereocenters. The van der Waals surface area contributed by atoms with E-state index in [4.69, 9.17) is 10.2 Å². The lowest BCUT2D eigenvalue weighted by molar-refractivity contribution is -0.138. The van der Waals surface area contributed by atoms with E-state index in [-0.39, 0.29) is 0 Å². The largest absolute Gasteiger partial charge is 0.481 e. The number of hydrogen-bond acceptors (Lipinski definition) is 2. The molecule has 0 amide bonds. The second-order valence-corrected chi connectivity index (χ2v) is 12.8. The van der Waals surface area contributed by atoms with Crippen molar-refractivity contribution < 1.29 is 19.8 Å². The smallest absolute Gasteiger partial charge is 0.303 e. The molecule has 0 aromatic heterocycles. The molecule has 40 heavy (non-hydrogen) atoms. The molecule has 0 spiro atoms. The molecule has 0 fully saturated rings. The molecule has 0 aromatic rings. The van der Waals surface area contributed by atoms with Gasteiger partial charge in [0.1, 0.15) is 0 Å². The third-order valence-corrected chi connectivity index (χ3v) is 9.39. The van der Waals surface area contributed by atoms with Crippen LogP contribution in [-0.2, 0) is 9.59 Å². The van der Waals surface area contributed by atoms with Crippen LogP contribution in [0.2, 0.25) is 0 Å². The van der Waals surface area contributed by atoms with Gasteiger partial charge in [-0.2, -0.15) is 0 Å². The summed E-state index contributed by atoms with van der Waals surface area (Å²) >= 11 is 0. The summed E-state index contributed by atoms with van der Waals surface area (Å²) in [6, 6.07) is 0. The Morgan fingerprint density at radius 2 is 0.750 bits per heavy atom. The highest BCUT2D eigenvalue weighted by atomic mass is 16.4. The van der Waals surface area contributed by atoms with E-state index >= 15 is 0 Å². The predicted molar refractivity (Wildman–Crippen MR) is 170 cm³/mol. The van der Waals surface area contributed by atoms with Crippen molar-refractivity contribution in [2.75, 3.05) is 0 Å². The number of rotatable bonds is 28. The fraction of sp³-hybridized carbons (Fsp3) is 0.889. The molecule has 4 atom stereocenters. The SMILES string of the molecule is CCCCCCCCC1C=CC(CCCCCC(=O)O)C(CCCCCCC)C1CCCCCCCCC(=O)O. The lowest BCUT2D eigenvalue weighted by Gasteiger charge is -2.41. The van der Waals surface area contributed by atoms with Crippen molar-refractivity contribution in [3.63, 3.8) is 0 Å². The molecule has 0 heterocycles. The normalized spacial score (nSPS) is 20.6. The maximum Gasteiger partial charge on any atom is 0.303 e. The second-order valence-electron chi connectivity index (χ2n) is 12.8. The zero-order valence-corrected chi connectivity index (χ0v) is 26.6. The molecule has 0 radical (unpaired) electrons. The first-order valence-corrected chi connectivity index (χ1v) is 17.6. The first kappa shape index (κ1) is 36.7. The topological polar surface area (TPSA) is 74.6 Å². The minimum Gasteiger partial charge on any atom is -0.481 e. The number of unbranched alkanes of at least 4 members (excludes halogenated alkanes) is 16. The van der Waals surface area contributed by atoms with Crippen molar-refractivity contribution in [1.29, 1.82) is 0 Å². The van der Waals surface area contributed by atoms with Gasteiger partial charge in [-0.15, -0.1) is 0 Å². The highest BCUT2D eigenvalue weighted by Crippen LogP contribution is 2.44. The lowest BCUT2D eigenvalue weighted by atomic mass is 9.64. The van der Waals surface area contributed by atoms with Gasteiger partial charge in [-0.1, -0.05) is 142 Å². The van der Waals surface area contributed by atoms with Crippen LogP contribution in [0.15, 0.2) is 12.2 Å². The third-order valence-electron chi connectivity index (χ3n) is 9.39. The predicted octanol–water partition coefficient (Wildman–Crippen LogP) is 11.4. The molecule has 1 rings (SSSR count). The monoisotopic (exact) mass is 562 g/mol. The van der Waals surface area contributed by atoms with Crippen molar-refractivity contribution >= 4 is 11.9 Å². The molecule has 2 N–H and O–H groups in total. The molecule has 0 aliphatic heterocycles. The van der Waals surface area contributed by atoms with E-state index in [9.17, 15) is 9.59 Å². The summed E-state index contributed by atoms with van der Waals surface area (Å²) in [7, 11) is 0. The summed E-state index contributed by atoms with van der Waals surface area (Å²) in [5.41, 5.74) is 0. The highest BCUT2D eigenvalue weighted by Gasteiger charge is 2.34. The van der Waals surface area contributed by atoms with Crippen molar-refractivity contribution in [2.45, 2.75) is 181 Å². The maximum atomic E-state index is 10.9. The van der Waals surface area contributed by atoms with Crippen LogP contribution in [0.5, 0.6) is 0 Å². The summed E-state index contributed by atoms with van der Waals surface area (Å²) in [5.74, 6) is 1.64. The standard InChI is InChI=1S/C36H66O4/c1-3-5-7-9-13-17-23-31-29-30-32(24-18-16-22-28-36(39)40)33(25-19-12-8-6-4-2)34(31)26-20-14-10-11-15-21-27-35(37)38/h29-34H,3-28H2,1-2H3,(H,37,38)(H,39,40). The van der Waals surface area contributed by atoms with Crippen molar-refractivity contribution in [2.24, 2.45) is 23.7 Å². The van der Waals surface area contributed by atoms with Gasteiger partial charge >= 0.3 is 11.9 Å². The van der Waals surface area contributed by atoms with E-state index in [0.29, 0.717) is 18.8 Å². The quantitative estimate of drug-likeness (QED) is 0.0734. The van der Waals surface area contributed by atoms with Crippen molar-refractivity contribution in [3.05, 3.63) is 12.2 Å². The third kappa shape index (κ3) is 18.9. The van der Waals surface area contributed by atoms with Gasteiger partial charge in [-0.3, -0.25) is 9.59 Å². The zero-order chi connectivity index (χ0) is 29.3. The Labute approximate surface area is 248 Å². The molecular formula is C36H66O4. The van der Waals surface area contributed by atoms with Crippen LogP contribution in [0, 0.1) is 23.7 Å². The number of aliphatic carboxylic acids is 2. The summed E-state index contributed by atoms with van der Waals surface area (Å²) in [5, 5.41) is 17.9. The number of carboxylic acids is 2. The van der Waals surface area contributed by atoms with Crippen LogP contribution in [-0.4, -0.2) is 22.2 Å². The Kier molecular flexibility index (Phi) is 23.3. The first-order valence-electron chi connectivity index (χ1n) is 17.6. The van der Waals surface area contributed by atoms with Gasteiger partial charge in [0.15, 0.2) is 0 Å². The summed E-state index contributed by atoms with van der Waals surface area (Å²) in [4.78, 5) is 21.7. The van der Waals surface area contributed by atoms with Gasteiger partial charge in [-0.05, 0) is 62.2 Å². The van der Waals surface area contributed by atoms with E-state index in [1.165, 1.54) is 122 Å². The van der Waals surface area contributed by atoms with Crippen LogP contribution < -0.4 is 0 Å². The van der Waals surface area contributed by atoms with Crippen LogP contribution >= 0.6 is 0 Å². The highest BCUT2D eigenvalue weighted by molar-refractivity contribution is 5.66. The number of hydrogen-bond donors (Lipinski definition) is 2. The Morgan fingerprint density at radius 3 is 1.12 bits per heavy atom. The number of carbonyl (C=O) groups is 2. The average Bonchev–Trinajstić information content (AvgIpc) is 2.92. The molecule has 0 saturated heterocycles. The van der Waals surface area contributed by atoms with Gasteiger partial charge in [0.05, 0.1) is 0 Å². The Morgan fingerprint density at radius 1 is 0.450 bits per heavy atom. The van der Waals surface area contributed by atoms with Crippen LogP contribution in [0.1, 0.15) is 181 Å². The fourth-order valence-electron chi connectivity index (χ4n) is 7.02. The summed E-state index contributed by atoms with van der Waals surface area (Å²) in [6.07, 6.45) is 35.9. The van der Waals surface area contributed by atoms with Crippen LogP contribution in [0.3, 0.4) is 0 Å². The van der Waals surface area contributed by atoms with E-state index < -0.39 is 11.9 Å². The molecule has 234 valence electrons. The molecule has 0 saturated carbocycles. The van der Waals surface area contributed by atoms with Crippen molar-refractivity contribution in [3.8, 4) is 0 Å². The van der Waals surface area contributed by atoms with E-state index in [1.807, 2.05) is 0 Å². The molecule has 4 nitrogen and oxygen atoms in total. The van der Waals surface area contributed by atoms with Gasteiger partial charge in [0.25, 0.3) is 0 Å². The number of allylic oxidation sites excluding steroid dienone is 2. The molecule has 0 bridgehead atoms. The molecule has 1 aliphatic rings. The average molecular weight is 563 g/mol. The second kappa shape index (κ2) is 25.4. The molecule has 0 aromatic carbocycles.